The number of hydrogen-bond acceptors (Lipinski definition) is 6. The summed E-state index contributed by atoms with van der Waals surface area (Å²) in [5.74, 6) is -1.40. The summed E-state index contributed by atoms with van der Waals surface area (Å²) in [4.78, 5) is 25.7. The molecule has 0 atom stereocenters. The third kappa shape index (κ3) is 6.83. The molecule has 0 saturated heterocycles. The van der Waals surface area contributed by atoms with E-state index in [9.17, 15) is 18.0 Å². The smallest absolute Gasteiger partial charge is 0.340 e. The van der Waals surface area contributed by atoms with Crippen LogP contribution in [-0.4, -0.2) is 20.4 Å². The summed E-state index contributed by atoms with van der Waals surface area (Å²) in [5.41, 5.74) is 2.29. The molecule has 0 aromatic heterocycles. The first-order valence-corrected chi connectivity index (χ1v) is 13.0. The zero-order valence-electron chi connectivity index (χ0n) is 20.1. The number of benzene rings is 4. The number of esters is 2. The molecule has 0 bridgehead atoms. The van der Waals surface area contributed by atoms with Gasteiger partial charge in [-0.05, 0) is 53.9 Å². The fourth-order valence-electron chi connectivity index (χ4n) is 3.53. The van der Waals surface area contributed by atoms with Crippen molar-refractivity contribution in [2.45, 2.75) is 25.0 Å². The molecule has 0 unspecified atom stereocenters. The fraction of sp³-hybridized carbons (Fsp3) is 0.103. The summed E-state index contributed by atoms with van der Waals surface area (Å²) in [7, 11) is -4.07. The topological polar surface area (TPSA) is 98.8 Å². The van der Waals surface area contributed by atoms with Gasteiger partial charge in [-0.3, -0.25) is 4.72 Å². The zero-order chi connectivity index (χ0) is 26.3. The van der Waals surface area contributed by atoms with Crippen molar-refractivity contribution in [1.29, 1.82) is 0 Å². The highest BCUT2D eigenvalue weighted by Crippen LogP contribution is 2.24. The predicted molar refractivity (Wildman–Crippen MR) is 140 cm³/mol. The molecule has 0 aliphatic heterocycles. The van der Waals surface area contributed by atoms with E-state index in [0.29, 0.717) is 0 Å². The van der Waals surface area contributed by atoms with E-state index in [4.69, 9.17) is 9.47 Å². The van der Waals surface area contributed by atoms with E-state index in [1.807, 2.05) is 48.5 Å². The van der Waals surface area contributed by atoms with E-state index in [-0.39, 0.29) is 34.9 Å². The van der Waals surface area contributed by atoms with Crippen LogP contribution in [0.5, 0.6) is 0 Å². The maximum atomic E-state index is 13.1. The number of aryl methyl sites for hydroxylation is 1. The summed E-state index contributed by atoms with van der Waals surface area (Å²) in [6.45, 7) is 1.82. The lowest BCUT2D eigenvalue weighted by Gasteiger charge is -2.14. The van der Waals surface area contributed by atoms with Gasteiger partial charge in [0.2, 0.25) is 0 Å². The van der Waals surface area contributed by atoms with Gasteiger partial charge in [0.25, 0.3) is 10.0 Å². The Kier molecular flexibility index (Phi) is 8.00. The largest absolute Gasteiger partial charge is 0.457 e. The second-order valence-electron chi connectivity index (χ2n) is 8.31. The van der Waals surface area contributed by atoms with Crippen molar-refractivity contribution < 1.29 is 27.5 Å². The molecule has 4 aromatic rings. The number of carbonyl (C=O) groups is 2. The number of ether oxygens (including phenoxy) is 2. The molecule has 8 heteroatoms. The molecule has 188 valence electrons. The molecule has 0 amide bonds. The molecule has 0 saturated carbocycles. The number of carbonyl (C=O) groups excluding carboxylic acids is 2. The molecule has 1 N–H and O–H groups in total. The van der Waals surface area contributed by atoms with Gasteiger partial charge in [-0.25, -0.2) is 18.0 Å². The first-order valence-electron chi connectivity index (χ1n) is 11.5. The van der Waals surface area contributed by atoms with Gasteiger partial charge in [-0.1, -0.05) is 72.8 Å². The van der Waals surface area contributed by atoms with Crippen molar-refractivity contribution in [1.82, 2.24) is 0 Å². The molecule has 7 nitrogen and oxygen atoms in total. The first-order chi connectivity index (χ1) is 17.8. The Labute approximate surface area is 215 Å². The van der Waals surface area contributed by atoms with Crippen LogP contribution in [0, 0.1) is 6.92 Å². The Hall–Kier alpha value is -4.43. The minimum atomic E-state index is -4.07. The van der Waals surface area contributed by atoms with Gasteiger partial charge in [0.15, 0.2) is 0 Å². The van der Waals surface area contributed by atoms with E-state index < -0.39 is 22.0 Å². The molecule has 4 rings (SSSR count). The Morgan fingerprint density at radius 3 is 1.89 bits per heavy atom. The SMILES string of the molecule is Cc1cccc(S(=O)(=O)Nc2cc(C(=O)OCc3ccccc3)ccc2C(=O)OCc2ccccc2)c1. The average molecular weight is 516 g/mol. The summed E-state index contributed by atoms with van der Waals surface area (Å²) in [6.07, 6.45) is 0. The van der Waals surface area contributed by atoms with Gasteiger partial charge in [0.05, 0.1) is 21.7 Å². The van der Waals surface area contributed by atoms with Crippen LogP contribution in [0.2, 0.25) is 0 Å². The monoisotopic (exact) mass is 515 g/mol. The van der Waals surface area contributed by atoms with Gasteiger partial charge < -0.3 is 9.47 Å². The minimum absolute atomic E-state index is 0.00458. The quantitative estimate of drug-likeness (QED) is 0.295. The lowest BCUT2D eigenvalue weighted by molar-refractivity contribution is 0.0459. The van der Waals surface area contributed by atoms with Crippen LogP contribution in [0.4, 0.5) is 5.69 Å². The van der Waals surface area contributed by atoms with Crippen LogP contribution in [0.1, 0.15) is 37.4 Å². The normalized spacial score (nSPS) is 10.9. The van der Waals surface area contributed by atoms with E-state index in [1.54, 1.807) is 31.2 Å². The first kappa shape index (κ1) is 25.7. The molecular formula is C29H25NO6S. The summed E-state index contributed by atoms with van der Waals surface area (Å²) < 4.78 is 39.5. The third-order valence-corrected chi connectivity index (χ3v) is 6.81. The second kappa shape index (κ2) is 11.5. The van der Waals surface area contributed by atoms with Crippen molar-refractivity contribution in [3.63, 3.8) is 0 Å². The highest BCUT2D eigenvalue weighted by atomic mass is 32.2. The van der Waals surface area contributed by atoms with Gasteiger partial charge in [-0.2, -0.15) is 0 Å². The molecule has 4 aromatic carbocycles. The maximum absolute atomic E-state index is 13.1. The Balaban J connectivity index is 1.61. The Bertz CT molecular complexity index is 1500. The molecular weight excluding hydrogens is 490 g/mol. The van der Waals surface area contributed by atoms with Crippen LogP contribution in [0.25, 0.3) is 0 Å². The van der Waals surface area contributed by atoms with Crippen molar-refractivity contribution in [2.24, 2.45) is 0 Å². The van der Waals surface area contributed by atoms with Crippen LogP contribution >= 0.6 is 0 Å². The van der Waals surface area contributed by atoms with Gasteiger partial charge >= 0.3 is 11.9 Å². The van der Waals surface area contributed by atoms with Crippen molar-refractivity contribution in [3.05, 3.63) is 131 Å². The van der Waals surface area contributed by atoms with Crippen LogP contribution in [-0.2, 0) is 32.7 Å². The lowest BCUT2D eigenvalue weighted by Crippen LogP contribution is -2.18. The number of sulfonamides is 1. The second-order valence-corrected chi connectivity index (χ2v) is 9.99. The van der Waals surface area contributed by atoms with E-state index in [1.165, 1.54) is 30.3 Å². The number of nitrogens with one attached hydrogen (secondary N) is 1. The summed E-state index contributed by atoms with van der Waals surface area (Å²) >= 11 is 0. The summed E-state index contributed by atoms with van der Waals surface area (Å²) in [6, 6.07) is 28.6. The summed E-state index contributed by atoms with van der Waals surface area (Å²) in [5, 5.41) is 0. The molecule has 0 aliphatic carbocycles. The highest BCUT2D eigenvalue weighted by Gasteiger charge is 2.22. The lowest BCUT2D eigenvalue weighted by atomic mass is 10.1. The zero-order valence-corrected chi connectivity index (χ0v) is 20.9. The Morgan fingerprint density at radius 2 is 1.30 bits per heavy atom. The average Bonchev–Trinajstić information content (AvgIpc) is 2.91. The number of rotatable bonds is 9. The molecule has 0 fully saturated rings. The maximum Gasteiger partial charge on any atom is 0.340 e. The van der Waals surface area contributed by atoms with Crippen molar-refractivity contribution >= 4 is 27.6 Å². The molecule has 37 heavy (non-hydrogen) atoms. The molecule has 0 spiro atoms. The van der Waals surface area contributed by atoms with Crippen molar-refractivity contribution in [2.75, 3.05) is 4.72 Å². The standard InChI is InChI=1S/C29H25NO6S/c1-21-9-8-14-25(17-21)37(33,34)30-27-18-24(28(31)35-19-22-10-4-2-5-11-22)15-16-26(27)29(32)36-20-23-12-6-3-7-13-23/h2-18,30H,19-20H2,1H3. The van der Waals surface area contributed by atoms with Gasteiger partial charge in [-0.15, -0.1) is 0 Å². The fourth-order valence-corrected chi connectivity index (χ4v) is 4.70. The Morgan fingerprint density at radius 1 is 0.703 bits per heavy atom. The minimum Gasteiger partial charge on any atom is -0.457 e. The van der Waals surface area contributed by atoms with Crippen molar-refractivity contribution in [3.8, 4) is 0 Å². The molecule has 0 radical (unpaired) electrons. The predicted octanol–water partition coefficient (Wildman–Crippen LogP) is 5.51. The van der Waals surface area contributed by atoms with E-state index in [2.05, 4.69) is 4.72 Å². The highest BCUT2D eigenvalue weighted by molar-refractivity contribution is 7.92. The number of anilines is 1. The molecule has 0 aliphatic rings. The third-order valence-electron chi connectivity index (χ3n) is 5.44. The van der Waals surface area contributed by atoms with E-state index in [0.717, 1.165) is 16.7 Å². The van der Waals surface area contributed by atoms with Gasteiger partial charge in [0.1, 0.15) is 13.2 Å². The van der Waals surface area contributed by atoms with Crippen LogP contribution in [0.3, 0.4) is 0 Å². The van der Waals surface area contributed by atoms with Gasteiger partial charge in [0, 0.05) is 0 Å². The van der Waals surface area contributed by atoms with Crippen LogP contribution < -0.4 is 4.72 Å². The van der Waals surface area contributed by atoms with E-state index >= 15 is 0 Å². The number of hydrogen-bond donors (Lipinski definition) is 1. The molecule has 0 heterocycles. The van der Waals surface area contributed by atoms with Crippen LogP contribution in [0.15, 0.2) is 108 Å².